The molecule has 0 fully saturated rings. The Morgan fingerprint density at radius 1 is 0.931 bits per heavy atom. The van der Waals surface area contributed by atoms with Crippen molar-refractivity contribution in [3.63, 3.8) is 0 Å². The molecule has 0 atom stereocenters. The van der Waals surface area contributed by atoms with Crippen molar-refractivity contribution in [1.29, 1.82) is 0 Å². The summed E-state index contributed by atoms with van der Waals surface area (Å²) < 4.78 is 16.3. The summed E-state index contributed by atoms with van der Waals surface area (Å²) in [6.45, 7) is 1.75. The zero-order valence-corrected chi connectivity index (χ0v) is 15.8. The Kier molecular flexibility index (Phi) is 5.12. The molecule has 0 aliphatic carbocycles. The summed E-state index contributed by atoms with van der Waals surface area (Å²) in [5.74, 6) is 0.323. The van der Waals surface area contributed by atoms with E-state index in [2.05, 4.69) is 0 Å². The number of benzene rings is 3. The highest BCUT2D eigenvalue weighted by Gasteiger charge is 2.12. The van der Waals surface area contributed by atoms with E-state index in [1.165, 1.54) is 12.3 Å². The Bertz CT molecular complexity index is 1210. The lowest BCUT2D eigenvalue weighted by molar-refractivity contribution is -0.136. The molecule has 144 valence electrons. The number of carbonyl (C=O) groups is 1. The standard InChI is InChI=1S/C24H18O5/c1-16-7-9-18(10-8-16)27-15-23(25)29-19-11-12-20-22(13-19)28-14-21(24(20)26)17-5-3-2-4-6-17/h2-14H,15H2,1H3. The average Bonchev–Trinajstić information content (AvgIpc) is 2.74. The van der Waals surface area contributed by atoms with Crippen LogP contribution in [0.4, 0.5) is 0 Å². The molecule has 1 aromatic heterocycles. The van der Waals surface area contributed by atoms with Crippen molar-refractivity contribution in [2.24, 2.45) is 0 Å². The number of aryl methyl sites for hydroxylation is 1. The van der Waals surface area contributed by atoms with Crippen molar-refractivity contribution < 1.29 is 18.7 Å². The fourth-order valence-corrected chi connectivity index (χ4v) is 2.93. The van der Waals surface area contributed by atoms with Gasteiger partial charge in [0.1, 0.15) is 23.3 Å². The number of ether oxygens (including phenoxy) is 2. The van der Waals surface area contributed by atoms with Gasteiger partial charge < -0.3 is 13.9 Å². The van der Waals surface area contributed by atoms with Crippen LogP contribution < -0.4 is 14.9 Å². The SMILES string of the molecule is Cc1ccc(OCC(=O)Oc2ccc3c(=O)c(-c4ccccc4)coc3c2)cc1. The van der Waals surface area contributed by atoms with E-state index in [0.717, 1.165) is 11.1 Å². The lowest BCUT2D eigenvalue weighted by Crippen LogP contribution is -2.17. The zero-order chi connectivity index (χ0) is 20.2. The van der Waals surface area contributed by atoms with Gasteiger partial charge in [0.15, 0.2) is 12.0 Å². The molecule has 0 aliphatic rings. The number of carbonyl (C=O) groups excluding carboxylic acids is 1. The van der Waals surface area contributed by atoms with Gasteiger partial charge in [-0.25, -0.2) is 4.79 Å². The predicted octanol–water partition coefficient (Wildman–Crippen LogP) is 4.75. The highest BCUT2D eigenvalue weighted by molar-refractivity contribution is 5.83. The van der Waals surface area contributed by atoms with E-state index < -0.39 is 5.97 Å². The molecule has 29 heavy (non-hydrogen) atoms. The van der Waals surface area contributed by atoms with Gasteiger partial charge in [-0.1, -0.05) is 48.0 Å². The minimum Gasteiger partial charge on any atom is -0.482 e. The van der Waals surface area contributed by atoms with Crippen molar-refractivity contribution in [3.8, 4) is 22.6 Å². The van der Waals surface area contributed by atoms with Crippen LogP contribution in [0.1, 0.15) is 5.56 Å². The van der Waals surface area contributed by atoms with Gasteiger partial charge in [-0.3, -0.25) is 4.79 Å². The van der Waals surface area contributed by atoms with E-state index in [4.69, 9.17) is 13.9 Å². The Labute approximate surface area is 167 Å². The molecule has 3 aromatic carbocycles. The Morgan fingerprint density at radius 3 is 2.41 bits per heavy atom. The monoisotopic (exact) mass is 386 g/mol. The van der Waals surface area contributed by atoms with Crippen molar-refractivity contribution in [2.75, 3.05) is 6.61 Å². The fourth-order valence-electron chi connectivity index (χ4n) is 2.93. The quantitative estimate of drug-likeness (QED) is 0.366. The van der Waals surface area contributed by atoms with Gasteiger partial charge in [0, 0.05) is 6.07 Å². The van der Waals surface area contributed by atoms with Crippen LogP contribution in [-0.2, 0) is 4.79 Å². The number of rotatable bonds is 5. The normalized spacial score (nSPS) is 10.7. The highest BCUT2D eigenvalue weighted by Crippen LogP contribution is 2.23. The molecule has 0 saturated heterocycles. The van der Waals surface area contributed by atoms with E-state index in [-0.39, 0.29) is 17.8 Å². The Hall–Kier alpha value is -3.86. The van der Waals surface area contributed by atoms with Gasteiger partial charge in [-0.05, 0) is 36.8 Å². The van der Waals surface area contributed by atoms with Gasteiger partial charge in [0.25, 0.3) is 0 Å². The molecule has 0 amide bonds. The Morgan fingerprint density at radius 2 is 1.66 bits per heavy atom. The third-order valence-electron chi connectivity index (χ3n) is 4.44. The first-order valence-electron chi connectivity index (χ1n) is 9.11. The number of hydrogen-bond acceptors (Lipinski definition) is 5. The van der Waals surface area contributed by atoms with Gasteiger partial charge in [0.2, 0.25) is 0 Å². The maximum absolute atomic E-state index is 12.8. The number of esters is 1. The van der Waals surface area contributed by atoms with E-state index in [1.807, 2.05) is 49.4 Å². The maximum Gasteiger partial charge on any atom is 0.349 e. The molecular formula is C24H18O5. The van der Waals surface area contributed by atoms with Crippen LogP contribution in [0.15, 0.2) is 88.3 Å². The maximum atomic E-state index is 12.8. The molecule has 0 radical (unpaired) electrons. The van der Waals surface area contributed by atoms with Gasteiger partial charge in [-0.15, -0.1) is 0 Å². The number of fused-ring (bicyclic) bond motifs is 1. The van der Waals surface area contributed by atoms with Crippen molar-refractivity contribution >= 4 is 16.9 Å². The van der Waals surface area contributed by atoms with Gasteiger partial charge >= 0.3 is 5.97 Å². The smallest absolute Gasteiger partial charge is 0.349 e. The molecule has 5 nitrogen and oxygen atoms in total. The second kappa shape index (κ2) is 8.02. The molecule has 0 saturated carbocycles. The number of hydrogen-bond donors (Lipinski definition) is 0. The minimum absolute atomic E-state index is 0.141. The third kappa shape index (κ3) is 4.19. The van der Waals surface area contributed by atoms with Crippen LogP contribution in [0.3, 0.4) is 0 Å². The first-order chi connectivity index (χ1) is 14.1. The van der Waals surface area contributed by atoms with E-state index in [0.29, 0.717) is 22.3 Å². The molecule has 0 spiro atoms. The molecule has 4 rings (SSSR count). The van der Waals surface area contributed by atoms with E-state index >= 15 is 0 Å². The highest BCUT2D eigenvalue weighted by atomic mass is 16.6. The molecule has 4 aromatic rings. The van der Waals surface area contributed by atoms with Crippen LogP contribution in [-0.4, -0.2) is 12.6 Å². The summed E-state index contributed by atoms with van der Waals surface area (Å²) >= 11 is 0. The first kappa shape index (κ1) is 18.5. The van der Waals surface area contributed by atoms with Crippen molar-refractivity contribution in [1.82, 2.24) is 0 Å². The molecule has 5 heteroatoms. The fraction of sp³-hybridized carbons (Fsp3) is 0.0833. The lowest BCUT2D eigenvalue weighted by Gasteiger charge is -2.08. The van der Waals surface area contributed by atoms with Gasteiger partial charge in [0.05, 0.1) is 10.9 Å². The van der Waals surface area contributed by atoms with Crippen LogP contribution in [0, 0.1) is 6.92 Å². The topological polar surface area (TPSA) is 65.7 Å². The molecule has 0 aliphatic heterocycles. The molecule has 0 bridgehead atoms. The third-order valence-corrected chi connectivity index (χ3v) is 4.44. The van der Waals surface area contributed by atoms with Gasteiger partial charge in [-0.2, -0.15) is 0 Å². The van der Waals surface area contributed by atoms with Crippen molar-refractivity contribution in [2.45, 2.75) is 6.92 Å². The molecule has 1 heterocycles. The summed E-state index contributed by atoms with van der Waals surface area (Å²) in [5, 5.41) is 0.419. The summed E-state index contributed by atoms with van der Waals surface area (Å²) in [6.07, 6.45) is 1.42. The second-order valence-corrected chi connectivity index (χ2v) is 6.58. The molecular weight excluding hydrogens is 368 g/mol. The summed E-state index contributed by atoms with van der Waals surface area (Å²) in [5.41, 5.74) is 2.58. The second-order valence-electron chi connectivity index (χ2n) is 6.58. The van der Waals surface area contributed by atoms with Crippen LogP contribution >= 0.6 is 0 Å². The molecule has 0 unspecified atom stereocenters. The van der Waals surface area contributed by atoms with Crippen LogP contribution in [0.25, 0.3) is 22.1 Å². The summed E-state index contributed by atoms with van der Waals surface area (Å²) in [7, 11) is 0. The Balaban J connectivity index is 1.49. The van der Waals surface area contributed by atoms with Crippen molar-refractivity contribution in [3.05, 3.63) is 94.8 Å². The minimum atomic E-state index is -0.548. The van der Waals surface area contributed by atoms with E-state index in [9.17, 15) is 9.59 Å². The zero-order valence-electron chi connectivity index (χ0n) is 15.8. The summed E-state index contributed by atoms with van der Waals surface area (Å²) in [4.78, 5) is 24.8. The van der Waals surface area contributed by atoms with E-state index in [1.54, 1.807) is 24.3 Å². The largest absolute Gasteiger partial charge is 0.482 e. The van der Waals surface area contributed by atoms with Crippen LogP contribution in [0.5, 0.6) is 11.5 Å². The van der Waals surface area contributed by atoms with Crippen LogP contribution in [0.2, 0.25) is 0 Å². The summed E-state index contributed by atoms with van der Waals surface area (Å²) in [6, 6.07) is 21.4. The lowest BCUT2D eigenvalue weighted by atomic mass is 10.1. The predicted molar refractivity (Wildman–Crippen MR) is 110 cm³/mol. The molecule has 0 N–H and O–H groups in total. The first-order valence-corrected chi connectivity index (χ1v) is 9.11. The average molecular weight is 386 g/mol.